The molecule has 3 aliphatic rings. The van der Waals surface area contributed by atoms with Crippen molar-refractivity contribution in [2.45, 2.75) is 56.3 Å². The Labute approximate surface area is 203 Å². The first-order valence-corrected chi connectivity index (χ1v) is 12.2. The summed E-state index contributed by atoms with van der Waals surface area (Å²) in [5.41, 5.74) is 1.98. The third-order valence-electron chi connectivity index (χ3n) is 6.97. The topological polar surface area (TPSA) is 100 Å². The molecule has 0 radical (unpaired) electrons. The van der Waals surface area contributed by atoms with E-state index >= 15 is 0 Å². The second-order valence-electron chi connectivity index (χ2n) is 9.39. The maximum atomic E-state index is 13.1. The number of urea groups is 1. The SMILES string of the molecule is O=C(Nc1ccc(F)cc1)Nc1ccc2c(c1)[C@H]1C[C@H](CC(=O)N3CCCCC3)O[C@@H](CO)[C@H]1O2. The summed E-state index contributed by atoms with van der Waals surface area (Å²) in [5, 5.41) is 15.4. The van der Waals surface area contributed by atoms with Crippen LogP contribution in [0.3, 0.4) is 0 Å². The minimum absolute atomic E-state index is 0.0584. The number of nitrogens with one attached hydrogen (secondary N) is 2. The maximum Gasteiger partial charge on any atom is 0.323 e. The van der Waals surface area contributed by atoms with E-state index in [0.29, 0.717) is 23.5 Å². The van der Waals surface area contributed by atoms with Crippen LogP contribution in [0.25, 0.3) is 0 Å². The van der Waals surface area contributed by atoms with Gasteiger partial charge < -0.3 is 30.1 Å². The molecule has 2 saturated heterocycles. The van der Waals surface area contributed by atoms with Crippen molar-refractivity contribution in [3.05, 3.63) is 53.8 Å². The van der Waals surface area contributed by atoms with Crippen LogP contribution >= 0.6 is 0 Å². The standard InChI is InChI=1S/C26H30FN3O5/c27-16-4-6-17(7-5-16)28-26(33)29-18-8-9-22-20(12-18)21-13-19(34-23(15-31)25(21)35-22)14-24(32)30-10-2-1-3-11-30/h4-9,12,19,21,23,25,31H,1-3,10-11,13-15H2,(H2,28,29,33)/t19-,21-,23+,25+/m1/s1. The molecule has 0 saturated carbocycles. The number of anilines is 2. The summed E-state index contributed by atoms with van der Waals surface area (Å²) in [6.45, 7) is 1.39. The molecule has 0 spiro atoms. The van der Waals surface area contributed by atoms with Crippen LogP contribution in [0.5, 0.6) is 5.75 Å². The summed E-state index contributed by atoms with van der Waals surface area (Å²) in [5.74, 6) is 0.348. The smallest absolute Gasteiger partial charge is 0.323 e. The van der Waals surface area contributed by atoms with E-state index in [-0.39, 0.29) is 42.9 Å². The van der Waals surface area contributed by atoms with Crippen LogP contribution in [-0.2, 0) is 9.53 Å². The number of amides is 3. The molecule has 2 fully saturated rings. The van der Waals surface area contributed by atoms with Gasteiger partial charge in [-0.1, -0.05) is 0 Å². The number of hydrogen-bond donors (Lipinski definition) is 3. The largest absolute Gasteiger partial charge is 0.487 e. The van der Waals surface area contributed by atoms with Crippen molar-refractivity contribution < 1.29 is 28.6 Å². The molecule has 2 aromatic carbocycles. The van der Waals surface area contributed by atoms with Gasteiger partial charge in [-0.15, -0.1) is 0 Å². The number of fused-ring (bicyclic) bond motifs is 3. The molecule has 2 aromatic rings. The number of piperidine rings is 1. The average Bonchev–Trinajstić information content (AvgIpc) is 3.23. The molecule has 8 nitrogen and oxygen atoms in total. The summed E-state index contributed by atoms with van der Waals surface area (Å²) in [6.07, 6.45) is 2.92. The number of nitrogens with zero attached hydrogens (tertiary/aromatic N) is 1. The van der Waals surface area contributed by atoms with Gasteiger partial charge in [-0.25, -0.2) is 9.18 Å². The Bertz CT molecular complexity index is 1070. The van der Waals surface area contributed by atoms with Crippen LogP contribution in [0.4, 0.5) is 20.6 Å². The minimum Gasteiger partial charge on any atom is -0.487 e. The molecular formula is C26H30FN3O5. The van der Waals surface area contributed by atoms with Gasteiger partial charge in [0.15, 0.2) is 0 Å². The van der Waals surface area contributed by atoms with E-state index in [1.54, 1.807) is 12.1 Å². The van der Waals surface area contributed by atoms with E-state index in [4.69, 9.17) is 9.47 Å². The fourth-order valence-corrected chi connectivity index (χ4v) is 5.26. The minimum atomic E-state index is -0.529. The van der Waals surface area contributed by atoms with Crippen molar-refractivity contribution in [2.75, 3.05) is 30.3 Å². The number of aliphatic hydroxyl groups is 1. The van der Waals surface area contributed by atoms with Gasteiger partial charge in [-0.2, -0.15) is 0 Å². The summed E-state index contributed by atoms with van der Waals surface area (Å²) < 4.78 is 25.3. The van der Waals surface area contributed by atoms with E-state index in [9.17, 15) is 19.1 Å². The molecule has 4 atom stereocenters. The van der Waals surface area contributed by atoms with Crippen molar-refractivity contribution in [1.29, 1.82) is 0 Å². The summed E-state index contributed by atoms with van der Waals surface area (Å²) >= 11 is 0. The summed E-state index contributed by atoms with van der Waals surface area (Å²) in [4.78, 5) is 27.2. The first-order chi connectivity index (χ1) is 17.0. The number of carbonyl (C=O) groups excluding carboxylic acids is 2. The highest BCUT2D eigenvalue weighted by molar-refractivity contribution is 5.99. The lowest BCUT2D eigenvalue weighted by Gasteiger charge is -2.38. The van der Waals surface area contributed by atoms with Gasteiger partial charge in [0.1, 0.15) is 23.8 Å². The molecule has 3 N–H and O–H groups in total. The Balaban J connectivity index is 1.27. The van der Waals surface area contributed by atoms with E-state index in [0.717, 1.165) is 37.9 Å². The van der Waals surface area contributed by atoms with Gasteiger partial charge in [0.25, 0.3) is 0 Å². The Hall–Kier alpha value is -3.17. The molecule has 186 valence electrons. The van der Waals surface area contributed by atoms with Gasteiger partial charge in [0.2, 0.25) is 5.91 Å². The van der Waals surface area contributed by atoms with Crippen LogP contribution in [0.1, 0.15) is 43.6 Å². The zero-order chi connectivity index (χ0) is 24.4. The van der Waals surface area contributed by atoms with Crippen molar-refractivity contribution >= 4 is 23.3 Å². The summed E-state index contributed by atoms with van der Waals surface area (Å²) in [6, 6.07) is 10.5. The molecule has 3 aliphatic heterocycles. The Morgan fingerprint density at radius 3 is 2.49 bits per heavy atom. The molecule has 0 bridgehead atoms. The van der Waals surface area contributed by atoms with Gasteiger partial charge in [-0.3, -0.25) is 4.79 Å². The highest BCUT2D eigenvalue weighted by atomic mass is 19.1. The fraction of sp³-hybridized carbons (Fsp3) is 0.462. The van der Waals surface area contributed by atoms with Crippen LogP contribution < -0.4 is 15.4 Å². The quantitative estimate of drug-likeness (QED) is 0.600. The number of hydrogen-bond acceptors (Lipinski definition) is 5. The third-order valence-corrected chi connectivity index (χ3v) is 6.97. The highest BCUT2D eigenvalue weighted by Crippen LogP contribution is 2.47. The third kappa shape index (κ3) is 5.26. The van der Waals surface area contributed by atoms with Gasteiger partial charge in [0, 0.05) is 35.9 Å². The lowest BCUT2D eigenvalue weighted by Crippen LogP contribution is -2.48. The molecule has 0 aliphatic carbocycles. The predicted molar refractivity (Wildman–Crippen MR) is 128 cm³/mol. The molecule has 0 unspecified atom stereocenters. The summed E-state index contributed by atoms with van der Waals surface area (Å²) in [7, 11) is 0. The number of benzene rings is 2. The molecule has 35 heavy (non-hydrogen) atoms. The zero-order valence-corrected chi connectivity index (χ0v) is 19.4. The first kappa shape index (κ1) is 23.6. The Morgan fingerprint density at radius 2 is 1.74 bits per heavy atom. The van der Waals surface area contributed by atoms with Crippen molar-refractivity contribution in [3.63, 3.8) is 0 Å². The number of halogens is 1. The maximum absolute atomic E-state index is 13.1. The number of aliphatic hydroxyl groups excluding tert-OH is 1. The van der Waals surface area contributed by atoms with E-state index in [1.807, 2.05) is 11.0 Å². The number of rotatable bonds is 5. The van der Waals surface area contributed by atoms with E-state index in [1.165, 1.54) is 24.3 Å². The van der Waals surface area contributed by atoms with Gasteiger partial charge in [-0.05, 0) is 68.1 Å². The van der Waals surface area contributed by atoms with E-state index in [2.05, 4.69) is 10.6 Å². The second kappa shape index (κ2) is 10.2. The van der Waals surface area contributed by atoms with Crippen LogP contribution in [0.2, 0.25) is 0 Å². The molecule has 9 heteroatoms. The first-order valence-electron chi connectivity index (χ1n) is 12.2. The fourth-order valence-electron chi connectivity index (χ4n) is 5.26. The van der Waals surface area contributed by atoms with Gasteiger partial charge in [0.05, 0.1) is 19.1 Å². The number of carbonyl (C=O) groups is 2. The van der Waals surface area contributed by atoms with Crippen LogP contribution in [0.15, 0.2) is 42.5 Å². The monoisotopic (exact) mass is 483 g/mol. The lowest BCUT2D eigenvalue weighted by molar-refractivity contribution is -0.149. The van der Waals surface area contributed by atoms with Crippen LogP contribution in [0, 0.1) is 5.82 Å². The van der Waals surface area contributed by atoms with Crippen molar-refractivity contribution in [2.24, 2.45) is 0 Å². The van der Waals surface area contributed by atoms with Crippen molar-refractivity contribution in [3.8, 4) is 5.75 Å². The molecular weight excluding hydrogens is 453 g/mol. The van der Waals surface area contributed by atoms with Crippen molar-refractivity contribution in [1.82, 2.24) is 4.90 Å². The predicted octanol–water partition coefficient (Wildman–Crippen LogP) is 3.87. The Kier molecular flexibility index (Phi) is 6.88. The normalized spacial score (nSPS) is 25.3. The molecule has 5 rings (SSSR count). The van der Waals surface area contributed by atoms with Gasteiger partial charge >= 0.3 is 6.03 Å². The number of likely N-dealkylation sites (tertiary alicyclic amines) is 1. The molecule has 3 heterocycles. The Morgan fingerprint density at radius 1 is 1.03 bits per heavy atom. The second-order valence-corrected chi connectivity index (χ2v) is 9.39. The molecule has 3 amide bonds. The zero-order valence-electron chi connectivity index (χ0n) is 19.4. The average molecular weight is 484 g/mol. The highest BCUT2D eigenvalue weighted by Gasteiger charge is 2.46. The molecule has 0 aromatic heterocycles. The van der Waals surface area contributed by atoms with Crippen LogP contribution in [-0.4, -0.2) is 60.0 Å². The number of ether oxygens (including phenoxy) is 2. The van der Waals surface area contributed by atoms with E-state index < -0.39 is 12.1 Å². The lowest BCUT2D eigenvalue weighted by atomic mass is 9.84.